The molecule has 0 bridgehead atoms. The molecule has 3 rings (SSSR count). The van der Waals surface area contributed by atoms with E-state index in [1.54, 1.807) is 0 Å². The minimum absolute atomic E-state index is 0.124. The number of hydrogen-bond donors (Lipinski definition) is 1. The molecule has 0 amide bonds. The van der Waals surface area contributed by atoms with Crippen molar-refractivity contribution in [2.45, 2.75) is 25.4 Å². The van der Waals surface area contributed by atoms with Crippen LogP contribution in [0.5, 0.6) is 5.75 Å². The highest BCUT2D eigenvalue weighted by atomic mass is 16.5. The van der Waals surface area contributed by atoms with Crippen LogP contribution < -0.4 is 4.74 Å². The van der Waals surface area contributed by atoms with E-state index in [4.69, 9.17) is 4.74 Å². The van der Waals surface area contributed by atoms with Gasteiger partial charge in [0.15, 0.2) is 5.78 Å². The lowest BCUT2D eigenvalue weighted by Gasteiger charge is -2.34. The van der Waals surface area contributed by atoms with Gasteiger partial charge in [0.2, 0.25) is 0 Å². The molecule has 4 nitrogen and oxygen atoms in total. The first-order valence-electron chi connectivity index (χ1n) is 7.27. The summed E-state index contributed by atoms with van der Waals surface area (Å²) in [6.45, 7) is 2.04. The summed E-state index contributed by atoms with van der Waals surface area (Å²) in [5.41, 5.74) is 1.91. The molecule has 0 radical (unpaired) electrons. The lowest BCUT2D eigenvalue weighted by molar-refractivity contribution is 0.0286. The maximum Gasteiger partial charge on any atom is 0.176 e. The third-order valence-corrected chi connectivity index (χ3v) is 4.21. The van der Waals surface area contributed by atoms with Gasteiger partial charge in [0.1, 0.15) is 5.75 Å². The summed E-state index contributed by atoms with van der Waals surface area (Å²) in [4.78, 5) is 14.3. The van der Waals surface area contributed by atoms with Crippen LogP contribution in [-0.2, 0) is 6.42 Å². The van der Waals surface area contributed by atoms with E-state index in [1.807, 2.05) is 25.2 Å². The Balaban J connectivity index is 1.56. The molecule has 1 aromatic carbocycles. The molecule has 2 aliphatic rings. The second-order valence-corrected chi connectivity index (χ2v) is 6.03. The first kappa shape index (κ1) is 13.6. The second-order valence-electron chi connectivity index (χ2n) is 6.03. The zero-order chi connectivity index (χ0) is 14.1. The van der Waals surface area contributed by atoms with Gasteiger partial charge in [-0.2, -0.15) is 0 Å². The number of rotatable bonds is 5. The van der Waals surface area contributed by atoms with E-state index in [1.165, 1.54) is 0 Å². The van der Waals surface area contributed by atoms with Gasteiger partial charge in [-0.05, 0) is 49.6 Å². The number of aliphatic hydroxyl groups excluding tert-OH is 1. The number of nitrogens with zero attached hydrogens (tertiary/aromatic N) is 1. The van der Waals surface area contributed by atoms with E-state index in [9.17, 15) is 9.90 Å². The SMILES string of the molecule is CN(CC(=O)c1ccc2c(c1)CCO2)CC1CC(O)C1. The van der Waals surface area contributed by atoms with Gasteiger partial charge < -0.3 is 9.84 Å². The number of Topliss-reactive ketones (excluding diaryl/α,β-unsaturated/α-hetero) is 1. The smallest absolute Gasteiger partial charge is 0.176 e. The maximum absolute atomic E-state index is 12.3. The molecule has 20 heavy (non-hydrogen) atoms. The van der Waals surface area contributed by atoms with Gasteiger partial charge in [-0.15, -0.1) is 0 Å². The molecule has 0 atom stereocenters. The van der Waals surface area contributed by atoms with E-state index in [0.29, 0.717) is 12.5 Å². The van der Waals surface area contributed by atoms with Gasteiger partial charge in [-0.25, -0.2) is 0 Å². The highest BCUT2D eigenvalue weighted by Gasteiger charge is 2.28. The number of aliphatic hydroxyl groups is 1. The molecule has 1 N–H and O–H groups in total. The van der Waals surface area contributed by atoms with Crippen molar-refractivity contribution in [1.29, 1.82) is 0 Å². The maximum atomic E-state index is 12.3. The standard InChI is InChI=1S/C16H21NO3/c1-17(9-11-6-14(18)7-11)10-15(19)12-2-3-16-13(8-12)4-5-20-16/h2-3,8,11,14,18H,4-7,9-10H2,1H3. The van der Waals surface area contributed by atoms with Crippen LogP contribution >= 0.6 is 0 Å². The molecule has 1 fully saturated rings. The highest BCUT2D eigenvalue weighted by Crippen LogP contribution is 2.28. The van der Waals surface area contributed by atoms with E-state index in [0.717, 1.165) is 49.3 Å². The minimum Gasteiger partial charge on any atom is -0.493 e. The average molecular weight is 275 g/mol. The fourth-order valence-corrected chi connectivity index (χ4v) is 3.05. The number of ether oxygens (including phenoxy) is 1. The molecule has 1 aliphatic carbocycles. The fourth-order valence-electron chi connectivity index (χ4n) is 3.05. The Morgan fingerprint density at radius 3 is 3.00 bits per heavy atom. The fraction of sp³-hybridized carbons (Fsp3) is 0.562. The minimum atomic E-state index is -0.124. The van der Waals surface area contributed by atoms with Crippen LogP contribution in [0.1, 0.15) is 28.8 Å². The van der Waals surface area contributed by atoms with Crippen molar-refractivity contribution in [3.8, 4) is 5.75 Å². The van der Waals surface area contributed by atoms with Crippen LogP contribution in [0.3, 0.4) is 0 Å². The number of carbonyl (C=O) groups is 1. The number of hydrogen-bond acceptors (Lipinski definition) is 4. The number of benzene rings is 1. The summed E-state index contributed by atoms with van der Waals surface area (Å²) in [6.07, 6.45) is 2.51. The lowest BCUT2D eigenvalue weighted by Crippen LogP contribution is -2.38. The summed E-state index contributed by atoms with van der Waals surface area (Å²) in [7, 11) is 1.97. The zero-order valence-corrected chi connectivity index (χ0v) is 11.8. The number of carbonyl (C=O) groups excluding carboxylic acids is 1. The summed E-state index contributed by atoms with van der Waals surface area (Å²) in [5, 5.41) is 9.28. The van der Waals surface area contributed by atoms with Crippen molar-refractivity contribution in [2.24, 2.45) is 5.92 Å². The lowest BCUT2D eigenvalue weighted by atomic mass is 9.82. The molecule has 4 heteroatoms. The van der Waals surface area contributed by atoms with Crippen LogP contribution in [0, 0.1) is 5.92 Å². The molecule has 108 valence electrons. The summed E-state index contributed by atoms with van der Waals surface area (Å²) >= 11 is 0. The summed E-state index contributed by atoms with van der Waals surface area (Å²) < 4.78 is 5.45. The highest BCUT2D eigenvalue weighted by molar-refractivity contribution is 5.98. The zero-order valence-electron chi connectivity index (χ0n) is 11.8. The van der Waals surface area contributed by atoms with Crippen LogP contribution in [0.4, 0.5) is 0 Å². The first-order valence-corrected chi connectivity index (χ1v) is 7.27. The second kappa shape index (κ2) is 5.54. The largest absolute Gasteiger partial charge is 0.493 e. The summed E-state index contributed by atoms with van der Waals surface area (Å²) in [5.74, 6) is 1.61. The van der Waals surface area contributed by atoms with Crippen molar-refractivity contribution in [3.05, 3.63) is 29.3 Å². The molecule has 0 spiro atoms. The van der Waals surface area contributed by atoms with Gasteiger partial charge in [-0.3, -0.25) is 9.69 Å². The van der Waals surface area contributed by atoms with Crippen LogP contribution in [-0.4, -0.2) is 48.6 Å². The van der Waals surface area contributed by atoms with Gasteiger partial charge in [-0.1, -0.05) is 0 Å². The topological polar surface area (TPSA) is 49.8 Å². The predicted octanol–water partition coefficient (Wildman–Crippen LogP) is 1.51. The molecule has 0 saturated heterocycles. The Bertz CT molecular complexity index is 508. The van der Waals surface area contributed by atoms with E-state index >= 15 is 0 Å². The van der Waals surface area contributed by atoms with Gasteiger partial charge >= 0.3 is 0 Å². The van der Waals surface area contributed by atoms with Crippen molar-refractivity contribution >= 4 is 5.78 Å². The Labute approximate surface area is 119 Å². The quantitative estimate of drug-likeness (QED) is 0.828. The Morgan fingerprint density at radius 1 is 1.45 bits per heavy atom. The molecule has 1 aliphatic heterocycles. The number of fused-ring (bicyclic) bond motifs is 1. The molecule has 1 saturated carbocycles. The van der Waals surface area contributed by atoms with E-state index in [-0.39, 0.29) is 11.9 Å². The van der Waals surface area contributed by atoms with E-state index in [2.05, 4.69) is 4.90 Å². The van der Waals surface area contributed by atoms with E-state index < -0.39 is 0 Å². The predicted molar refractivity (Wildman–Crippen MR) is 76.2 cm³/mol. The van der Waals surface area contributed by atoms with Crippen molar-refractivity contribution in [2.75, 3.05) is 26.7 Å². The Hall–Kier alpha value is -1.39. The monoisotopic (exact) mass is 275 g/mol. The van der Waals surface area contributed by atoms with Crippen LogP contribution in [0.2, 0.25) is 0 Å². The number of ketones is 1. The van der Waals surface area contributed by atoms with Crippen LogP contribution in [0.25, 0.3) is 0 Å². The number of likely N-dealkylation sites (N-methyl/N-ethyl adjacent to an activating group) is 1. The Kier molecular flexibility index (Phi) is 3.76. The Morgan fingerprint density at radius 2 is 2.25 bits per heavy atom. The van der Waals surface area contributed by atoms with Crippen LogP contribution in [0.15, 0.2) is 18.2 Å². The van der Waals surface area contributed by atoms with Gasteiger partial charge in [0.25, 0.3) is 0 Å². The first-order chi connectivity index (χ1) is 9.61. The van der Waals surface area contributed by atoms with Crippen molar-refractivity contribution < 1.29 is 14.6 Å². The molecule has 0 aromatic heterocycles. The molecule has 0 unspecified atom stereocenters. The van der Waals surface area contributed by atoms with Crippen molar-refractivity contribution in [3.63, 3.8) is 0 Å². The van der Waals surface area contributed by atoms with Gasteiger partial charge in [0, 0.05) is 18.5 Å². The third-order valence-electron chi connectivity index (χ3n) is 4.21. The molecular formula is C16H21NO3. The summed E-state index contributed by atoms with van der Waals surface area (Å²) in [6, 6.07) is 5.72. The van der Waals surface area contributed by atoms with Gasteiger partial charge in [0.05, 0.1) is 19.3 Å². The average Bonchev–Trinajstić information content (AvgIpc) is 2.83. The normalized spacial score (nSPS) is 24.1. The third kappa shape index (κ3) is 2.86. The molecule has 1 aromatic rings. The van der Waals surface area contributed by atoms with Crippen molar-refractivity contribution in [1.82, 2.24) is 4.90 Å². The molecule has 1 heterocycles. The molecular weight excluding hydrogens is 254 g/mol.